The van der Waals surface area contributed by atoms with Gasteiger partial charge in [-0.15, -0.1) is 0 Å². The highest BCUT2D eigenvalue weighted by Gasteiger charge is 2.26. The minimum absolute atomic E-state index is 0.358. The molecule has 1 aliphatic rings. The van der Waals surface area contributed by atoms with Gasteiger partial charge in [0.25, 0.3) is 0 Å². The van der Waals surface area contributed by atoms with Crippen LogP contribution in [0.2, 0.25) is 0 Å². The standard InChI is InChI=1S/C8H11N5/c1-13-8(6-2-3-6)4-7(11-13)5-10-12-9/h4,6H,2-3,5H2,1H3. The molecule has 0 radical (unpaired) electrons. The van der Waals surface area contributed by atoms with Crippen LogP contribution < -0.4 is 0 Å². The SMILES string of the molecule is Cn1nc(CN=[N+]=[N-])cc1C1CC1. The topological polar surface area (TPSA) is 66.6 Å². The third kappa shape index (κ3) is 1.65. The molecule has 0 bridgehead atoms. The van der Waals surface area contributed by atoms with Crippen LogP contribution in [0.1, 0.15) is 30.1 Å². The summed E-state index contributed by atoms with van der Waals surface area (Å²) in [6.45, 7) is 0.358. The van der Waals surface area contributed by atoms with Gasteiger partial charge in [0.2, 0.25) is 0 Å². The van der Waals surface area contributed by atoms with Crippen molar-refractivity contribution in [2.45, 2.75) is 25.3 Å². The summed E-state index contributed by atoms with van der Waals surface area (Å²) in [5, 5.41) is 7.74. The molecule has 1 saturated carbocycles. The van der Waals surface area contributed by atoms with E-state index in [1.165, 1.54) is 18.5 Å². The largest absolute Gasteiger partial charge is 0.272 e. The molecule has 1 fully saturated rings. The van der Waals surface area contributed by atoms with Crippen LogP contribution in [-0.4, -0.2) is 9.78 Å². The first-order chi connectivity index (χ1) is 6.31. The molecule has 2 rings (SSSR count). The third-order valence-corrected chi connectivity index (χ3v) is 2.26. The van der Waals surface area contributed by atoms with Gasteiger partial charge in [-0.3, -0.25) is 4.68 Å². The third-order valence-electron chi connectivity index (χ3n) is 2.26. The summed E-state index contributed by atoms with van der Waals surface area (Å²) < 4.78 is 1.89. The van der Waals surface area contributed by atoms with Crippen molar-refractivity contribution < 1.29 is 0 Å². The zero-order valence-electron chi connectivity index (χ0n) is 7.51. The fraction of sp³-hybridized carbons (Fsp3) is 0.625. The van der Waals surface area contributed by atoms with Gasteiger partial charge in [0.15, 0.2) is 0 Å². The highest BCUT2D eigenvalue weighted by molar-refractivity contribution is 5.18. The second kappa shape index (κ2) is 3.11. The smallest absolute Gasteiger partial charge is 0.0702 e. The lowest BCUT2D eigenvalue weighted by Crippen LogP contribution is -1.95. The van der Waals surface area contributed by atoms with E-state index >= 15 is 0 Å². The highest BCUT2D eigenvalue weighted by Crippen LogP contribution is 2.39. The minimum atomic E-state index is 0.358. The van der Waals surface area contributed by atoms with E-state index in [9.17, 15) is 0 Å². The first-order valence-corrected chi connectivity index (χ1v) is 4.35. The average molecular weight is 177 g/mol. The van der Waals surface area contributed by atoms with Gasteiger partial charge in [0.1, 0.15) is 0 Å². The van der Waals surface area contributed by atoms with Crippen molar-refractivity contribution in [1.82, 2.24) is 9.78 Å². The number of hydrogen-bond acceptors (Lipinski definition) is 2. The van der Waals surface area contributed by atoms with Crippen LogP contribution in [0.25, 0.3) is 10.4 Å². The van der Waals surface area contributed by atoms with Crippen molar-refractivity contribution in [3.05, 3.63) is 27.9 Å². The molecule has 0 aliphatic heterocycles. The van der Waals surface area contributed by atoms with E-state index in [1.807, 2.05) is 17.8 Å². The molecule has 13 heavy (non-hydrogen) atoms. The van der Waals surface area contributed by atoms with Gasteiger partial charge in [-0.05, 0) is 24.4 Å². The Kier molecular flexibility index (Phi) is 1.94. The van der Waals surface area contributed by atoms with Crippen molar-refractivity contribution in [2.24, 2.45) is 12.2 Å². The molecule has 0 spiro atoms. The summed E-state index contributed by atoms with van der Waals surface area (Å²) >= 11 is 0. The van der Waals surface area contributed by atoms with Crippen LogP contribution in [0.5, 0.6) is 0 Å². The summed E-state index contributed by atoms with van der Waals surface area (Å²) in [4.78, 5) is 2.71. The Morgan fingerprint density at radius 1 is 1.77 bits per heavy atom. The first-order valence-electron chi connectivity index (χ1n) is 4.35. The van der Waals surface area contributed by atoms with Gasteiger partial charge in [-0.2, -0.15) is 5.10 Å². The number of rotatable bonds is 3. The Balaban J connectivity index is 2.18. The molecule has 1 heterocycles. The van der Waals surface area contributed by atoms with E-state index in [4.69, 9.17) is 5.53 Å². The Hall–Kier alpha value is -1.48. The Bertz CT molecular complexity index is 357. The molecule has 0 N–H and O–H groups in total. The molecule has 0 saturated heterocycles. The molecule has 5 heteroatoms. The van der Waals surface area contributed by atoms with Crippen molar-refractivity contribution in [2.75, 3.05) is 0 Å². The van der Waals surface area contributed by atoms with Crippen molar-refractivity contribution in [1.29, 1.82) is 0 Å². The molecular weight excluding hydrogens is 166 g/mol. The van der Waals surface area contributed by atoms with E-state index in [-0.39, 0.29) is 0 Å². The summed E-state index contributed by atoms with van der Waals surface area (Å²) in [6.07, 6.45) is 2.53. The lowest BCUT2D eigenvalue weighted by atomic mass is 10.2. The normalized spacial score (nSPS) is 15.5. The summed E-state index contributed by atoms with van der Waals surface area (Å²) in [7, 11) is 1.94. The van der Waals surface area contributed by atoms with Crippen molar-refractivity contribution in [3.63, 3.8) is 0 Å². The maximum Gasteiger partial charge on any atom is 0.0702 e. The lowest BCUT2D eigenvalue weighted by Gasteiger charge is -1.95. The molecule has 1 aromatic rings. The number of aryl methyl sites for hydroxylation is 1. The van der Waals surface area contributed by atoms with E-state index in [1.54, 1.807) is 0 Å². The zero-order chi connectivity index (χ0) is 9.26. The summed E-state index contributed by atoms with van der Waals surface area (Å²) in [5.41, 5.74) is 10.3. The molecule has 0 amide bonds. The van der Waals surface area contributed by atoms with Gasteiger partial charge < -0.3 is 0 Å². The monoisotopic (exact) mass is 177 g/mol. The van der Waals surface area contributed by atoms with E-state index in [2.05, 4.69) is 15.1 Å². The molecule has 0 aromatic carbocycles. The molecule has 68 valence electrons. The number of nitrogens with zero attached hydrogens (tertiary/aromatic N) is 5. The van der Waals surface area contributed by atoms with Crippen LogP contribution in [0.15, 0.2) is 11.2 Å². The fourth-order valence-corrected chi connectivity index (χ4v) is 1.49. The average Bonchev–Trinajstić information content (AvgIpc) is 2.88. The van der Waals surface area contributed by atoms with Crippen LogP contribution in [0, 0.1) is 0 Å². The quantitative estimate of drug-likeness (QED) is 0.396. The first kappa shape index (κ1) is 8.13. The predicted octanol–water partition coefficient (Wildman–Crippen LogP) is 2.11. The minimum Gasteiger partial charge on any atom is -0.272 e. The number of aromatic nitrogens is 2. The van der Waals surface area contributed by atoms with Gasteiger partial charge in [0, 0.05) is 23.6 Å². The van der Waals surface area contributed by atoms with Gasteiger partial charge >= 0.3 is 0 Å². The van der Waals surface area contributed by atoms with Crippen LogP contribution in [0.4, 0.5) is 0 Å². The number of azide groups is 1. The Labute approximate surface area is 76.0 Å². The highest BCUT2D eigenvalue weighted by atomic mass is 15.3. The van der Waals surface area contributed by atoms with E-state index in [0.717, 1.165) is 5.69 Å². The van der Waals surface area contributed by atoms with E-state index < -0.39 is 0 Å². The van der Waals surface area contributed by atoms with Gasteiger partial charge in [-0.1, -0.05) is 5.11 Å². The molecule has 5 nitrogen and oxygen atoms in total. The fourth-order valence-electron chi connectivity index (χ4n) is 1.49. The molecular formula is C8H11N5. The summed E-state index contributed by atoms with van der Waals surface area (Å²) in [5.74, 6) is 0.692. The maximum atomic E-state index is 8.15. The predicted molar refractivity (Wildman–Crippen MR) is 48.0 cm³/mol. The lowest BCUT2D eigenvalue weighted by molar-refractivity contribution is 0.699. The van der Waals surface area contributed by atoms with E-state index in [0.29, 0.717) is 12.5 Å². The number of hydrogen-bond donors (Lipinski definition) is 0. The van der Waals surface area contributed by atoms with Crippen LogP contribution in [0.3, 0.4) is 0 Å². The Morgan fingerprint density at radius 2 is 2.54 bits per heavy atom. The second-order valence-corrected chi connectivity index (χ2v) is 3.35. The van der Waals surface area contributed by atoms with Crippen molar-refractivity contribution >= 4 is 0 Å². The second-order valence-electron chi connectivity index (χ2n) is 3.35. The van der Waals surface area contributed by atoms with Gasteiger partial charge in [-0.25, -0.2) is 0 Å². The van der Waals surface area contributed by atoms with Crippen LogP contribution >= 0.6 is 0 Å². The summed E-state index contributed by atoms with van der Waals surface area (Å²) in [6, 6.07) is 2.03. The molecule has 1 aliphatic carbocycles. The van der Waals surface area contributed by atoms with Crippen molar-refractivity contribution in [3.8, 4) is 0 Å². The zero-order valence-corrected chi connectivity index (χ0v) is 7.51. The molecule has 0 unspecified atom stereocenters. The molecule has 0 atom stereocenters. The maximum absolute atomic E-state index is 8.15. The molecule has 1 aromatic heterocycles. The Morgan fingerprint density at radius 3 is 3.15 bits per heavy atom. The van der Waals surface area contributed by atoms with Crippen LogP contribution in [-0.2, 0) is 13.6 Å². The van der Waals surface area contributed by atoms with Gasteiger partial charge in [0.05, 0.1) is 12.2 Å².